The number of benzene rings is 1. The molecule has 1 aromatic carbocycles. The molecule has 0 atom stereocenters. The molecular weight excluding hydrogens is 243 g/mol. The summed E-state index contributed by atoms with van der Waals surface area (Å²) in [4.78, 5) is -0.0207. The predicted molar refractivity (Wildman–Crippen MR) is 61.0 cm³/mol. The normalized spacial score (nSPS) is 12.1. The van der Waals surface area contributed by atoms with Gasteiger partial charge in [-0.2, -0.15) is 5.26 Å². The molecule has 0 aliphatic rings. The highest BCUT2D eigenvalue weighted by Gasteiger charge is 2.21. The van der Waals surface area contributed by atoms with E-state index in [-0.39, 0.29) is 11.4 Å². The lowest BCUT2D eigenvalue weighted by Crippen LogP contribution is -2.33. The molecule has 0 unspecified atom stereocenters. The number of nitrogens with one attached hydrogen (secondary N) is 1. The molecule has 0 aromatic heterocycles. The zero-order valence-corrected chi connectivity index (χ0v) is 10.4. The fraction of sp³-hybridized carbons (Fsp3) is 0.364. The fourth-order valence-electron chi connectivity index (χ4n) is 1.01. The summed E-state index contributed by atoms with van der Waals surface area (Å²) >= 11 is 0. The lowest BCUT2D eigenvalue weighted by atomic mass is 9.97. The van der Waals surface area contributed by atoms with Crippen LogP contribution in [-0.2, 0) is 10.0 Å². The summed E-state index contributed by atoms with van der Waals surface area (Å²) in [6, 6.07) is 6.49. The second kappa shape index (κ2) is 4.82. The van der Waals surface area contributed by atoms with Crippen molar-refractivity contribution in [2.24, 2.45) is 5.41 Å². The average Bonchev–Trinajstić information content (AvgIpc) is 2.27. The maximum Gasteiger partial charge on any atom is 0.240 e. The fourth-order valence-corrected chi connectivity index (χ4v) is 2.22. The lowest BCUT2D eigenvalue weighted by molar-refractivity contribution is 0.478. The van der Waals surface area contributed by atoms with Gasteiger partial charge in [-0.1, -0.05) is 0 Å². The standard InChI is InChI=1S/C11H13FN2O2S/c1-11(2,7-13)8-14-17(15,16)10-5-3-9(12)4-6-10/h3-6,14H,8H2,1-2H3. The largest absolute Gasteiger partial charge is 0.240 e. The van der Waals surface area contributed by atoms with Crippen molar-refractivity contribution in [3.05, 3.63) is 30.1 Å². The van der Waals surface area contributed by atoms with Crippen LogP contribution in [0.1, 0.15) is 13.8 Å². The zero-order valence-electron chi connectivity index (χ0n) is 9.57. The smallest absolute Gasteiger partial charge is 0.210 e. The van der Waals surface area contributed by atoms with E-state index >= 15 is 0 Å². The highest BCUT2D eigenvalue weighted by atomic mass is 32.2. The molecule has 0 fully saturated rings. The molecule has 1 N–H and O–H groups in total. The van der Waals surface area contributed by atoms with Crippen LogP contribution in [0.3, 0.4) is 0 Å². The minimum absolute atomic E-state index is 0.00318. The number of nitrogens with zero attached hydrogens (tertiary/aromatic N) is 1. The average molecular weight is 256 g/mol. The molecule has 0 saturated carbocycles. The van der Waals surface area contributed by atoms with Gasteiger partial charge in [0.25, 0.3) is 0 Å². The van der Waals surface area contributed by atoms with E-state index in [1.54, 1.807) is 13.8 Å². The summed E-state index contributed by atoms with van der Waals surface area (Å²) in [7, 11) is -3.69. The Morgan fingerprint density at radius 1 is 1.35 bits per heavy atom. The lowest BCUT2D eigenvalue weighted by Gasteiger charge is -2.15. The first-order valence-corrected chi connectivity index (χ1v) is 6.42. The highest BCUT2D eigenvalue weighted by molar-refractivity contribution is 7.89. The van der Waals surface area contributed by atoms with Gasteiger partial charge in [-0.3, -0.25) is 0 Å². The molecule has 0 aliphatic heterocycles. The molecule has 92 valence electrons. The highest BCUT2D eigenvalue weighted by Crippen LogP contribution is 2.14. The first-order chi connectivity index (χ1) is 7.77. The summed E-state index contributed by atoms with van der Waals surface area (Å²) in [5.41, 5.74) is -0.785. The third kappa shape index (κ3) is 3.80. The molecule has 0 saturated heterocycles. The number of rotatable bonds is 4. The van der Waals surface area contributed by atoms with Crippen LogP contribution in [0.4, 0.5) is 4.39 Å². The van der Waals surface area contributed by atoms with Crippen LogP contribution >= 0.6 is 0 Å². The summed E-state index contributed by atoms with van der Waals surface area (Å²) < 4.78 is 38.5. The first-order valence-electron chi connectivity index (χ1n) is 4.93. The second-order valence-corrected chi connectivity index (χ2v) is 6.04. The van der Waals surface area contributed by atoms with E-state index in [0.29, 0.717) is 0 Å². The Balaban J connectivity index is 2.84. The van der Waals surface area contributed by atoms with Crippen LogP contribution in [0.15, 0.2) is 29.2 Å². The molecule has 1 rings (SSSR count). The Kier molecular flexibility index (Phi) is 3.86. The van der Waals surface area contributed by atoms with Crippen molar-refractivity contribution in [2.75, 3.05) is 6.54 Å². The zero-order chi connectivity index (χ0) is 13.1. The molecule has 0 aliphatic carbocycles. The van der Waals surface area contributed by atoms with Crippen molar-refractivity contribution in [3.63, 3.8) is 0 Å². The molecule has 0 heterocycles. The van der Waals surface area contributed by atoms with Crippen molar-refractivity contribution in [1.82, 2.24) is 4.72 Å². The van der Waals surface area contributed by atoms with Crippen molar-refractivity contribution >= 4 is 10.0 Å². The summed E-state index contributed by atoms with van der Waals surface area (Å²) in [6.45, 7) is 3.25. The minimum Gasteiger partial charge on any atom is -0.210 e. The van der Waals surface area contributed by atoms with Gasteiger partial charge in [0.05, 0.1) is 16.4 Å². The van der Waals surface area contributed by atoms with Crippen molar-refractivity contribution in [1.29, 1.82) is 5.26 Å². The Bertz CT molecular complexity index is 530. The third-order valence-corrected chi connectivity index (χ3v) is 3.55. The number of hydrogen-bond acceptors (Lipinski definition) is 3. The summed E-state index contributed by atoms with van der Waals surface area (Å²) in [5, 5.41) is 8.76. The summed E-state index contributed by atoms with van der Waals surface area (Å²) in [5.74, 6) is -0.499. The number of nitriles is 1. The maximum atomic E-state index is 12.6. The van der Waals surface area contributed by atoms with E-state index < -0.39 is 21.3 Å². The van der Waals surface area contributed by atoms with Crippen LogP contribution in [0, 0.1) is 22.6 Å². The third-order valence-electron chi connectivity index (χ3n) is 2.13. The van der Waals surface area contributed by atoms with Gasteiger partial charge in [-0.05, 0) is 38.1 Å². The van der Waals surface area contributed by atoms with Crippen LogP contribution in [0.25, 0.3) is 0 Å². The van der Waals surface area contributed by atoms with Gasteiger partial charge < -0.3 is 0 Å². The van der Waals surface area contributed by atoms with Crippen LogP contribution in [0.5, 0.6) is 0 Å². The molecule has 17 heavy (non-hydrogen) atoms. The van der Waals surface area contributed by atoms with Crippen molar-refractivity contribution in [2.45, 2.75) is 18.7 Å². The quantitative estimate of drug-likeness (QED) is 0.890. The van der Waals surface area contributed by atoms with E-state index in [4.69, 9.17) is 5.26 Å². The monoisotopic (exact) mass is 256 g/mol. The SMILES string of the molecule is CC(C)(C#N)CNS(=O)(=O)c1ccc(F)cc1. The van der Waals surface area contributed by atoms with Crippen molar-refractivity contribution in [3.8, 4) is 6.07 Å². The molecule has 4 nitrogen and oxygen atoms in total. The molecule has 0 spiro atoms. The van der Waals surface area contributed by atoms with E-state index in [9.17, 15) is 12.8 Å². The molecule has 1 aromatic rings. The van der Waals surface area contributed by atoms with E-state index in [2.05, 4.69) is 4.72 Å². The number of hydrogen-bond donors (Lipinski definition) is 1. The van der Waals surface area contributed by atoms with Crippen molar-refractivity contribution < 1.29 is 12.8 Å². The van der Waals surface area contributed by atoms with Gasteiger partial charge in [-0.25, -0.2) is 17.5 Å². The summed E-state index contributed by atoms with van der Waals surface area (Å²) in [6.07, 6.45) is 0. The van der Waals surface area contributed by atoms with Gasteiger partial charge in [-0.15, -0.1) is 0 Å². The van der Waals surface area contributed by atoms with Gasteiger partial charge in [0, 0.05) is 6.54 Å². The van der Waals surface area contributed by atoms with Crippen LogP contribution < -0.4 is 4.72 Å². The van der Waals surface area contributed by atoms with Gasteiger partial charge >= 0.3 is 0 Å². The Hall–Kier alpha value is -1.45. The predicted octanol–water partition coefficient (Wildman–Crippen LogP) is 1.65. The first kappa shape index (κ1) is 13.6. The Morgan fingerprint density at radius 3 is 2.35 bits per heavy atom. The van der Waals surface area contributed by atoms with Gasteiger partial charge in [0.15, 0.2) is 0 Å². The molecule has 0 bridgehead atoms. The Morgan fingerprint density at radius 2 is 1.88 bits per heavy atom. The van der Waals surface area contributed by atoms with Crippen LogP contribution in [0.2, 0.25) is 0 Å². The molecular formula is C11H13FN2O2S. The maximum absolute atomic E-state index is 12.6. The molecule has 0 amide bonds. The molecule has 6 heteroatoms. The second-order valence-electron chi connectivity index (χ2n) is 4.27. The minimum atomic E-state index is -3.69. The van der Waals surface area contributed by atoms with Gasteiger partial charge in [0.2, 0.25) is 10.0 Å². The van der Waals surface area contributed by atoms with Crippen LogP contribution in [-0.4, -0.2) is 15.0 Å². The number of halogens is 1. The number of sulfonamides is 1. The topological polar surface area (TPSA) is 70.0 Å². The molecule has 0 radical (unpaired) electrons. The van der Waals surface area contributed by atoms with E-state index in [1.807, 2.05) is 6.07 Å². The van der Waals surface area contributed by atoms with E-state index in [1.165, 1.54) is 12.1 Å². The van der Waals surface area contributed by atoms with E-state index in [0.717, 1.165) is 12.1 Å². The Labute approximate surface area is 100 Å². The van der Waals surface area contributed by atoms with Gasteiger partial charge in [0.1, 0.15) is 5.82 Å².